The van der Waals surface area contributed by atoms with Gasteiger partial charge in [-0.05, 0) is 49.9 Å². The summed E-state index contributed by atoms with van der Waals surface area (Å²) in [6.07, 6.45) is 6.16. The van der Waals surface area contributed by atoms with Crippen molar-refractivity contribution in [2.75, 3.05) is 6.54 Å². The van der Waals surface area contributed by atoms with Gasteiger partial charge in [0.2, 0.25) is 0 Å². The van der Waals surface area contributed by atoms with Crippen LogP contribution in [-0.2, 0) is 19.9 Å². The van der Waals surface area contributed by atoms with Crippen molar-refractivity contribution < 1.29 is 0 Å². The third-order valence-corrected chi connectivity index (χ3v) is 3.70. The van der Waals surface area contributed by atoms with E-state index in [1.807, 2.05) is 17.9 Å². The molecule has 1 atom stereocenters. The molecule has 0 aliphatic heterocycles. The molecule has 1 heterocycles. The summed E-state index contributed by atoms with van der Waals surface area (Å²) in [4.78, 5) is 0. The van der Waals surface area contributed by atoms with Gasteiger partial charge in [0.05, 0.1) is 6.20 Å². The van der Waals surface area contributed by atoms with Gasteiger partial charge in [-0.25, -0.2) is 0 Å². The Balaban J connectivity index is 2.10. The largest absolute Gasteiger partial charge is 0.314 e. The highest BCUT2D eigenvalue weighted by molar-refractivity contribution is 5.31. The third kappa shape index (κ3) is 3.94. The van der Waals surface area contributed by atoms with E-state index in [4.69, 9.17) is 0 Å². The number of nitrogens with one attached hydrogen (secondary N) is 1. The SMILES string of the molecule is CCNC(Cc1cnn(C)c1)Cc1cc(C)ccc1C. The topological polar surface area (TPSA) is 29.9 Å². The van der Waals surface area contributed by atoms with E-state index in [2.05, 4.69) is 55.6 Å². The van der Waals surface area contributed by atoms with E-state index in [1.54, 1.807) is 0 Å². The maximum Gasteiger partial charge on any atom is 0.0522 e. The van der Waals surface area contributed by atoms with Crippen molar-refractivity contribution >= 4 is 0 Å². The second-order valence-corrected chi connectivity index (χ2v) is 5.62. The van der Waals surface area contributed by atoms with E-state index in [-0.39, 0.29) is 0 Å². The summed E-state index contributed by atoms with van der Waals surface area (Å²) in [5.74, 6) is 0. The van der Waals surface area contributed by atoms with Crippen LogP contribution in [0.2, 0.25) is 0 Å². The first-order valence-corrected chi connectivity index (χ1v) is 7.35. The van der Waals surface area contributed by atoms with Crippen LogP contribution in [0.3, 0.4) is 0 Å². The van der Waals surface area contributed by atoms with E-state index in [9.17, 15) is 0 Å². The Morgan fingerprint density at radius 2 is 2.05 bits per heavy atom. The zero-order valence-corrected chi connectivity index (χ0v) is 13.0. The van der Waals surface area contributed by atoms with Crippen LogP contribution in [0.4, 0.5) is 0 Å². The first kappa shape index (κ1) is 14.8. The van der Waals surface area contributed by atoms with Gasteiger partial charge in [0, 0.05) is 19.3 Å². The first-order chi connectivity index (χ1) is 9.58. The number of benzene rings is 1. The highest BCUT2D eigenvalue weighted by Gasteiger charge is 2.12. The maximum absolute atomic E-state index is 4.26. The highest BCUT2D eigenvalue weighted by Crippen LogP contribution is 2.15. The number of nitrogens with zero attached hydrogens (tertiary/aromatic N) is 2. The molecule has 108 valence electrons. The normalized spacial score (nSPS) is 12.6. The Bertz CT molecular complexity index is 557. The predicted molar refractivity (Wildman–Crippen MR) is 84.0 cm³/mol. The molecule has 0 fully saturated rings. The van der Waals surface area contributed by atoms with Crippen LogP contribution in [0, 0.1) is 13.8 Å². The lowest BCUT2D eigenvalue weighted by molar-refractivity contribution is 0.520. The summed E-state index contributed by atoms with van der Waals surface area (Å²) in [6, 6.07) is 7.17. The van der Waals surface area contributed by atoms with Crippen molar-refractivity contribution in [3.63, 3.8) is 0 Å². The molecule has 1 aromatic carbocycles. The molecule has 0 aliphatic carbocycles. The van der Waals surface area contributed by atoms with Crippen molar-refractivity contribution in [1.82, 2.24) is 15.1 Å². The van der Waals surface area contributed by atoms with Crippen molar-refractivity contribution in [1.29, 1.82) is 0 Å². The minimum absolute atomic E-state index is 0.463. The van der Waals surface area contributed by atoms with Crippen LogP contribution in [0.1, 0.15) is 29.2 Å². The van der Waals surface area contributed by atoms with Crippen LogP contribution in [-0.4, -0.2) is 22.4 Å². The van der Waals surface area contributed by atoms with Crippen molar-refractivity contribution in [3.8, 4) is 0 Å². The lowest BCUT2D eigenvalue weighted by Gasteiger charge is -2.19. The number of aromatic nitrogens is 2. The molecule has 1 N–H and O–H groups in total. The predicted octanol–water partition coefficient (Wildman–Crippen LogP) is 2.80. The van der Waals surface area contributed by atoms with Crippen molar-refractivity contribution in [3.05, 3.63) is 52.8 Å². The zero-order chi connectivity index (χ0) is 14.5. The second-order valence-electron chi connectivity index (χ2n) is 5.62. The van der Waals surface area contributed by atoms with Gasteiger partial charge in [-0.3, -0.25) is 4.68 Å². The smallest absolute Gasteiger partial charge is 0.0522 e. The summed E-state index contributed by atoms with van der Waals surface area (Å²) < 4.78 is 1.87. The number of hydrogen-bond donors (Lipinski definition) is 1. The van der Waals surface area contributed by atoms with Crippen LogP contribution in [0.15, 0.2) is 30.6 Å². The zero-order valence-electron chi connectivity index (χ0n) is 13.0. The fourth-order valence-corrected chi connectivity index (χ4v) is 2.65. The fourth-order valence-electron chi connectivity index (χ4n) is 2.65. The first-order valence-electron chi connectivity index (χ1n) is 7.35. The van der Waals surface area contributed by atoms with Crippen LogP contribution >= 0.6 is 0 Å². The molecular weight excluding hydrogens is 246 g/mol. The molecule has 0 radical (unpaired) electrons. The molecule has 0 amide bonds. The van der Waals surface area contributed by atoms with E-state index >= 15 is 0 Å². The molecule has 1 unspecified atom stereocenters. The van der Waals surface area contributed by atoms with Gasteiger partial charge >= 0.3 is 0 Å². The Kier molecular flexibility index (Phi) is 4.96. The molecule has 2 aromatic rings. The summed E-state index contributed by atoms with van der Waals surface area (Å²) in [7, 11) is 1.97. The van der Waals surface area contributed by atoms with Gasteiger partial charge in [0.1, 0.15) is 0 Å². The van der Waals surface area contributed by atoms with Crippen LogP contribution < -0.4 is 5.32 Å². The third-order valence-electron chi connectivity index (χ3n) is 3.70. The van der Waals surface area contributed by atoms with Gasteiger partial charge in [-0.1, -0.05) is 30.7 Å². The molecule has 3 nitrogen and oxygen atoms in total. The molecule has 0 bridgehead atoms. The van der Waals surface area contributed by atoms with Crippen molar-refractivity contribution in [2.45, 2.75) is 39.7 Å². The van der Waals surface area contributed by atoms with E-state index in [1.165, 1.54) is 22.3 Å². The average molecular weight is 271 g/mol. The fraction of sp³-hybridized carbons (Fsp3) is 0.471. The van der Waals surface area contributed by atoms with E-state index < -0.39 is 0 Å². The molecule has 0 saturated carbocycles. The Labute approximate surface area is 122 Å². The molecular formula is C17H25N3. The number of rotatable bonds is 6. The van der Waals surface area contributed by atoms with E-state index in [0.29, 0.717) is 6.04 Å². The van der Waals surface area contributed by atoms with Gasteiger partial charge in [-0.2, -0.15) is 5.10 Å². The Hall–Kier alpha value is -1.61. The Morgan fingerprint density at radius 3 is 2.70 bits per heavy atom. The molecule has 0 aliphatic rings. The van der Waals surface area contributed by atoms with Gasteiger partial charge in [-0.15, -0.1) is 0 Å². The Morgan fingerprint density at radius 1 is 1.25 bits per heavy atom. The van der Waals surface area contributed by atoms with Gasteiger partial charge in [0.25, 0.3) is 0 Å². The van der Waals surface area contributed by atoms with Crippen LogP contribution in [0.25, 0.3) is 0 Å². The molecule has 20 heavy (non-hydrogen) atoms. The molecule has 2 rings (SSSR count). The molecule has 3 heteroatoms. The highest BCUT2D eigenvalue weighted by atomic mass is 15.2. The van der Waals surface area contributed by atoms with Gasteiger partial charge < -0.3 is 5.32 Å². The monoisotopic (exact) mass is 271 g/mol. The molecule has 1 aromatic heterocycles. The maximum atomic E-state index is 4.26. The lowest BCUT2D eigenvalue weighted by Crippen LogP contribution is -2.33. The van der Waals surface area contributed by atoms with Gasteiger partial charge in [0.15, 0.2) is 0 Å². The minimum atomic E-state index is 0.463. The number of aryl methyl sites for hydroxylation is 3. The van der Waals surface area contributed by atoms with E-state index in [0.717, 1.165) is 19.4 Å². The summed E-state index contributed by atoms with van der Waals surface area (Å²) in [5.41, 5.74) is 5.45. The quantitative estimate of drug-likeness (QED) is 0.875. The second kappa shape index (κ2) is 6.71. The summed E-state index contributed by atoms with van der Waals surface area (Å²) in [5, 5.41) is 7.86. The lowest BCUT2D eigenvalue weighted by atomic mass is 9.96. The summed E-state index contributed by atoms with van der Waals surface area (Å²) >= 11 is 0. The average Bonchev–Trinajstić information content (AvgIpc) is 2.79. The minimum Gasteiger partial charge on any atom is -0.314 e. The molecule has 0 saturated heterocycles. The number of likely N-dealkylation sites (N-methyl/N-ethyl adjacent to an activating group) is 1. The number of hydrogen-bond acceptors (Lipinski definition) is 2. The summed E-state index contributed by atoms with van der Waals surface area (Å²) in [6.45, 7) is 7.52. The molecule has 0 spiro atoms. The van der Waals surface area contributed by atoms with Crippen molar-refractivity contribution in [2.24, 2.45) is 7.05 Å². The van der Waals surface area contributed by atoms with Crippen LogP contribution in [0.5, 0.6) is 0 Å². The standard InChI is InChI=1S/C17H25N3/c1-5-18-17(9-15-11-19-20(4)12-15)10-16-8-13(2)6-7-14(16)3/h6-8,11-12,17-18H,5,9-10H2,1-4H3.